The number of ether oxygens (including phenoxy) is 2. The molecule has 4 rings (SSSR count). The average molecular weight is 438 g/mol. The van der Waals surface area contributed by atoms with Crippen LogP contribution in [0, 0.1) is 5.92 Å². The predicted octanol–water partition coefficient (Wildman–Crippen LogP) is 4.68. The normalized spacial score (nSPS) is 14.9. The van der Waals surface area contributed by atoms with Gasteiger partial charge in [0.15, 0.2) is 0 Å². The summed E-state index contributed by atoms with van der Waals surface area (Å²) in [5.41, 5.74) is 2.87. The molecule has 1 amide bonds. The van der Waals surface area contributed by atoms with E-state index in [9.17, 15) is 4.79 Å². The molecule has 0 aliphatic carbocycles. The minimum Gasteiger partial charge on any atom is -0.497 e. The van der Waals surface area contributed by atoms with Gasteiger partial charge in [-0.15, -0.1) is 11.3 Å². The lowest BCUT2D eigenvalue weighted by molar-refractivity contribution is -0.121. The fraction of sp³-hybridized carbons (Fsp3) is 0.333. The van der Waals surface area contributed by atoms with Gasteiger partial charge in [-0.05, 0) is 50.2 Å². The van der Waals surface area contributed by atoms with Crippen molar-refractivity contribution in [2.75, 3.05) is 32.6 Å². The van der Waals surface area contributed by atoms with E-state index in [0.29, 0.717) is 5.75 Å². The van der Waals surface area contributed by atoms with Gasteiger partial charge in [0.1, 0.15) is 16.5 Å². The molecule has 0 bridgehead atoms. The monoisotopic (exact) mass is 437 g/mol. The number of carbonyl (C=O) groups excluding carboxylic acids is 1. The van der Waals surface area contributed by atoms with Gasteiger partial charge in [-0.25, -0.2) is 4.98 Å². The minimum atomic E-state index is 0.0175. The lowest BCUT2D eigenvalue weighted by atomic mass is 9.95. The number of hydrogen-bond acceptors (Lipinski definition) is 6. The number of anilines is 1. The number of para-hydroxylation sites is 2. The standard InChI is InChI=1S/C24H27N3O3S/c1-29-20-7-5-6-18(14-20)24-25-19(16-31-24)15-27-12-10-17(11-13-27)23(28)26-21-8-3-4-9-22(21)30-2/h3-9,14,16-17H,10-13,15H2,1-2H3,(H,26,28). The summed E-state index contributed by atoms with van der Waals surface area (Å²) in [5, 5.41) is 6.14. The van der Waals surface area contributed by atoms with Crippen LogP contribution in [-0.2, 0) is 11.3 Å². The van der Waals surface area contributed by atoms with Gasteiger partial charge >= 0.3 is 0 Å². The maximum atomic E-state index is 12.7. The Morgan fingerprint density at radius 1 is 1.13 bits per heavy atom. The van der Waals surface area contributed by atoms with Crippen molar-refractivity contribution in [3.63, 3.8) is 0 Å². The summed E-state index contributed by atoms with van der Waals surface area (Å²) in [4.78, 5) is 19.9. The predicted molar refractivity (Wildman–Crippen MR) is 124 cm³/mol. The van der Waals surface area contributed by atoms with Crippen LogP contribution in [0.1, 0.15) is 18.5 Å². The third-order valence-corrected chi connectivity index (χ3v) is 6.52. The van der Waals surface area contributed by atoms with Crippen LogP contribution < -0.4 is 14.8 Å². The Bertz CT molecular complexity index is 1030. The molecule has 7 heteroatoms. The second kappa shape index (κ2) is 9.94. The van der Waals surface area contributed by atoms with Crippen LogP contribution in [0.3, 0.4) is 0 Å². The van der Waals surface area contributed by atoms with Crippen molar-refractivity contribution < 1.29 is 14.3 Å². The molecule has 1 fully saturated rings. The Hall–Kier alpha value is -2.90. The number of likely N-dealkylation sites (tertiary alicyclic amines) is 1. The van der Waals surface area contributed by atoms with Gasteiger partial charge in [0.05, 0.1) is 25.6 Å². The van der Waals surface area contributed by atoms with Crippen molar-refractivity contribution in [3.05, 3.63) is 59.6 Å². The van der Waals surface area contributed by atoms with Crippen molar-refractivity contribution in [2.24, 2.45) is 5.92 Å². The van der Waals surface area contributed by atoms with E-state index in [0.717, 1.165) is 60.2 Å². The Morgan fingerprint density at radius 3 is 2.71 bits per heavy atom. The first-order valence-corrected chi connectivity index (χ1v) is 11.3. The molecule has 2 aromatic carbocycles. The summed E-state index contributed by atoms with van der Waals surface area (Å²) in [6, 6.07) is 15.5. The number of benzene rings is 2. The van der Waals surface area contributed by atoms with Crippen molar-refractivity contribution in [1.29, 1.82) is 0 Å². The van der Waals surface area contributed by atoms with Crippen LogP contribution in [0.2, 0.25) is 0 Å². The maximum Gasteiger partial charge on any atom is 0.227 e. The van der Waals surface area contributed by atoms with E-state index in [1.807, 2.05) is 42.5 Å². The zero-order valence-corrected chi connectivity index (χ0v) is 18.7. The SMILES string of the molecule is COc1cccc(-c2nc(CN3CCC(C(=O)Nc4ccccc4OC)CC3)cs2)c1. The molecule has 0 spiro atoms. The molecule has 1 aromatic heterocycles. The van der Waals surface area contributed by atoms with Crippen LogP contribution in [0.15, 0.2) is 53.9 Å². The second-order valence-electron chi connectivity index (χ2n) is 7.62. The van der Waals surface area contributed by atoms with E-state index in [-0.39, 0.29) is 11.8 Å². The molecular formula is C24H27N3O3S. The first-order chi connectivity index (χ1) is 15.2. The topological polar surface area (TPSA) is 63.7 Å². The fourth-order valence-electron chi connectivity index (χ4n) is 3.83. The highest BCUT2D eigenvalue weighted by Crippen LogP contribution is 2.29. The zero-order chi connectivity index (χ0) is 21.6. The number of methoxy groups -OCH3 is 2. The number of aromatic nitrogens is 1. The lowest BCUT2D eigenvalue weighted by Gasteiger charge is -2.30. The second-order valence-corrected chi connectivity index (χ2v) is 8.47. The molecule has 0 saturated carbocycles. The molecule has 1 N–H and O–H groups in total. The summed E-state index contributed by atoms with van der Waals surface area (Å²) >= 11 is 1.65. The van der Waals surface area contributed by atoms with Crippen molar-refractivity contribution in [3.8, 4) is 22.1 Å². The molecular weight excluding hydrogens is 410 g/mol. The highest BCUT2D eigenvalue weighted by atomic mass is 32.1. The molecule has 0 unspecified atom stereocenters. The first-order valence-electron chi connectivity index (χ1n) is 10.4. The van der Waals surface area contributed by atoms with Crippen LogP contribution >= 0.6 is 11.3 Å². The van der Waals surface area contributed by atoms with E-state index in [2.05, 4.69) is 21.7 Å². The maximum absolute atomic E-state index is 12.7. The Balaban J connectivity index is 1.30. The highest BCUT2D eigenvalue weighted by Gasteiger charge is 2.26. The van der Waals surface area contributed by atoms with Gasteiger partial charge in [-0.2, -0.15) is 0 Å². The number of hydrogen-bond donors (Lipinski definition) is 1. The van der Waals surface area contributed by atoms with Gasteiger partial charge in [-0.3, -0.25) is 9.69 Å². The van der Waals surface area contributed by atoms with E-state index in [1.54, 1.807) is 25.6 Å². The molecule has 2 heterocycles. The number of piperidine rings is 1. The minimum absolute atomic E-state index is 0.0175. The fourth-order valence-corrected chi connectivity index (χ4v) is 4.64. The molecule has 1 aliphatic heterocycles. The van der Waals surface area contributed by atoms with Gasteiger partial charge in [0.2, 0.25) is 5.91 Å². The highest BCUT2D eigenvalue weighted by molar-refractivity contribution is 7.13. The van der Waals surface area contributed by atoms with Crippen LogP contribution in [0.25, 0.3) is 10.6 Å². The molecule has 0 radical (unpaired) electrons. The largest absolute Gasteiger partial charge is 0.497 e. The molecule has 162 valence electrons. The third-order valence-electron chi connectivity index (χ3n) is 5.58. The molecule has 1 aliphatic rings. The van der Waals surface area contributed by atoms with Crippen molar-refractivity contribution in [1.82, 2.24) is 9.88 Å². The molecule has 31 heavy (non-hydrogen) atoms. The number of nitrogens with zero attached hydrogens (tertiary/aromatic N) is 2. The number of rotatable bonds is 7. The quantitative estimate of drug-likeness (QED) is 0.582. The summed E-state index contributed by atoms with van der Waals surface area (Å²) in [6.07, 6.45) is 1.68. The smallest absolute Gasteiger partial charge is 0.227 e. The Labute approximate surface area is 186 Å². The number of amides is 1. The number of thiazole rings is 1. The Morgan fingerprint density at radius 2 is 1.94 bits per heavy atom. The van der Waals surface area contributed by atoms with E-state index in [1.165, 1.54) is 0 Å². The summed E-state index contributed by atoms with van der Waals surface area (Å²) < 4.78 is 10.6. The average Bonchev–Trinajstić information content (AvgIpc) is 3.28. The van der Waals surface area contributed by atoms with E-state index < -0.39 is 0 Å². The zero-order valence-electron chi connectivity index (χ0n) is 17.8. The van der Waals surface area contributed by atoms with Gasteiger partial charge in [-0.1, -0.05) is 24.3 Å². The molecule has 0 atom stereocenters. The Kier molecular flexibility index (Phi) is 6.84. The van der Waals surface area contributed by atoms with Crippen LogP contribution in [0.5, 0.6) is 11.5 Å². The van der Waals surface area contributed by atoms with E-state index >= 15 is 0 Å². The summed E-state index contributed by atoms with van der Waals surface area (Å²) in [5.74, 6) is 1.61. The van der Waals surface area contributed by atoms with Crippen molar-refractivity contribution >= 4 is 22.9 Å². The van der Waals surface area contributed by atoms with Crippen LogP contribution in [0.4, 0.5) is 5.69 Å². The third kappa shape index (κ3) is 5.24. The summed E-state index contributed by atoms with van der Waals surface area (Å²) in [6.45, 7) is 2.58. The lowest BCUT2D eigenvalue weighted by Crippen LogP contribution is -2.37. The van der Waals surface area contributed by atoms with Gasteiger partial charge in [0, 0.05) is 23.4 Å². The van der Waals surface area contributed by atoms with Gasteiger partial charge in [0.25, 0.3) is 0 Å². The molecule has 6 nitrogen and oxygen atoms in total. The van der Waals surface area contributed by atoms with Crippen LogP contribution in [-0.4, -0.2) is 43.1 Å². The first kappa shape index (κ1) is 21.3. The number of carbonyl (C=O) groups is 1. The van der Waals surface area contributed by atoms with Gasteiger partial charge < -0.3 is 14.8 Å². The summed E-state index contributed by atoms with van der Waals surface area (Å²) in [7, 11) is 3.29. The number of nitrogens with one attached hydrogen (secondary N) is 1. The van der Waals surface area contributed by atoms with Crippen molar-refractivity contribution in [2.45, 2.75) is 19.4 Å². The molecule has 1 saturated heterocycles. The van der Waals surface area contributed by atoms with E-state index in [4.69, 9.17) is 14.5 Å². The molecule has 3 aromatic rings.